The number of nitrogens with zero attached hydrogens (tertiary/aromatic N) is 1. The van der Waals surface area contributed by atoms with Crippen molar-refractivity contribution in [1.82, 2.24) is 10.3 Å². The summed E-state index contributed by atoms with van der Waals surface area (Å²) in [6, 6.07) is 5.09. The summed E-state index contributed by atoms with van der Waals surface area (Å²) in [5, 5.41) is 32.2. The van der Waals surface area contributed by atoms with Gasteiger partial charge in [-0.2, -0.15) is 13.2 Å². The SMILES string of the molecule is Nc1cc2c(CNC3CCC3)c(F)cc(C(O)CO)c2cn1.Oc1ccc(F)c(C(F)(F)F)c1. The molecule has 1 aliphatic carbocycles. The van der Waals surface area contributed by atoms with E-state index in [4.69, 9.17) is 15.9 Å². The lowest BCUT2D eigenvalue weighted by Crippen LogP contribution is -2.34. The van der Waals surface area contributed by atoms with Gasteiger partial charge in [-0.1, -0.05) is 6.42 Å². The van der Waals surface area contributed by atoms with Gasteiger partial charge >= 0.3 is 6.18 Å². The molecule has 11 heteroatoms. The molecule has 1 aromatic heterocycles. The van der Waals surface area contributed by atoms with Crippen LogP contribution in [0.5, 0.6) is 5.75 Å². The normalized spacial score (nSPS) is 14.9. The van der Waals surface area contributed by atoms with Gasteiger partial charge in [-0.3, -0.25) is 0 Å². The number of rotatable bonds is 5. The van der Waals surface area contributed by atoms with E-state index in [0.29, 0.717) is 52.4 Å². The number of hydrogen-bond donors (Lipinski definition) is 5. The van der Waals surface area contributed by atoms with Crippen molar-refractivity contribution in [3.63, 3.8) is 0 Å². The number of benzene rings is 2. The first-order chi connectivity index (χ1) is 16.0. The summed E-state index contributed by atoms with van der Waals surface area (Å²) in [5.41, 5.74) is 5.12. The molecule has 1 heterocycles. The first-order valence-electron chi connectivity index (χ1n) is 10.5. The van der Waals surface area contributed by atoms with E-state index in [1.807, 2.05) is 0 Å². The molecule has 4 rings (SSSR count). The minimum Gasteiger partial charge on any atom is -0.508 e. The van der Waals surface area contributed by atoms with Crippen molar-refractivity contribution >= 4 is 16.6 Å². The monoisotopic (exact) mass is 485 g/mol. The number of fused-ring (bicyclic) bond motifs is 1. The third-order valence-corrected chi connectivity index (χ3v) is 5.59. The first kappa shape index (κ1) is 25.6. The molecule has 1 atom stereocenters. The van der Waals surface area contributed by atoms with E-state index >= 15 is 0 Å². The van der Waals surface area contributed by atoms with E-state index in [2.05, 4.69) is 10.3 Å². The van der Waals surface area contributed by atoms with Crippen LogP contribution in [-0.4, -0.2) is 33.0 Å². The number of nitrogens with two attached hydrogens (primary N) is 1. The molecule has 6 nitrogen and oxygen atoms in total. The second kappa shape index (κ2) is 10.5. The Labute approximate surface area is 191 Å². The topological polar surface area (TPSA) is 112 Å². The van der Waals surface area contributed by atoms with Crippen molar-refractivity contribution in [3.05, 3.63) is 64.9 Å². The number of halogens is 5. The lowest BCUT2D eigenvalue weighted by Gasteiger charge is -2.27. The van der Waals surface area contributed by atoms with E-state index in [1.165, 1.54) is 18.7 Å². The molecule has 0 radical (unpaired) electrons. The van der Waals surface area contributed by atoms with Crippen LogP contribution >= 0.6 is 0 Å². The minimum absolute atomic E-state index is 0.299. The molecular weight excluding hydrogens is 461 g/mol. The Kier molecular flexibility index (Phi) is 7.90. The van der Waals surface area contributed by atoms with E-state index in [9.17, 15) is 27.1 Å². The number of nitrogen functional groups attached to an aromatic ring is 1. The summed E-state index contributed by atoms with van der Waals surface area (Å²) >= 11 is 0. The molecule has 184 valence electrons. The molecular formula is C23H24F5N3O3. The standard InChI is InChI=1S/C16H20FN3O2.C7H4F4O/c17-14-4-11(15(22)8-21)12-6-20-16(18)5-10(12)13(14)7-19-9-2-1-3-9;8-6-2-1-4(12)3-5(6)7(9,10)11/h4-6,9,15,19,21-22H,1-3,7-8H2,(H2,18,20);1-3,12H. The van der Waals surface area contributed by atoms with Crippen LogP contribution in [0.3, 0.4) is 0 Å². The van der Waals surface area contributed by atoms with E-state index < -0.39 is 41.8 Å². The van der Waals surface area contributed by atoms with Gasteiger partial charge < -0.3 is 26.4 Å². The van der Waals surface area contributed by atoms with Gasteiger partial charge in [0.05, 0.1) is 12.2 Å². The molecule has 1 saturated carbocycles. The maximum Gasteiger partial charge on any atom is 0.419 e. The van der Waals surface area contributed by atoms with Crippen molar-refractivity contribution in [2.24, 2.45) is 0 Å². The molecule has 1 unspecified atom stereocenters. The number of hydrogen-bond acceptors (Lipinski definition) is 6. The maximum absolute atomic E-state index is 14.5. The van der Waals surface area contributed by atoms with Crippen LogP contribution in [0.1, 0.15) is 42.1 Å². The van der Waals surface area contributed by atoms with Gasteiger partial charge in [0.1, 0.15) is 29.3 Å². The third kappa shape index (κ3) is 5.91. The van der Waals surface area contributed by atoms with Gasteiger partial charge in [-0.25, -0.2) is 13.8 Å². The van der Waals surface area contributed by atoms with Crippen LogP contribution in [0.4, 0.5) is 27.8 Å². The number of aliphatic hydroxyl groups excluding tert-OH is 2. The lowest BCUT2D eigenvalue weighted by atomic mass is 9.92. The van der Waals surface area contributed by atoms with Gasteiger partial charge in [0.2, 0.25) is 0 Å². The van der Waals surface area contributed by atoms with Gasteiger partial charge in [0.15, 0.2) is 0 Å². The summed E-state index contributed by atoms with van der Waals surface area (Å²) in [6.07, 6.45) is -0.946. The van der Waals surface area contributed by atoms with Crippen LogP contribution in [-0.2, 0) is 12.7 Å². The average molecular weight is 485 g/mol. The minimum atomic E-state index is -4.76. The highest BCUT2D eigenvalue weighted by Crippen LogP contribution is 2.33. The second-order valence-electron chi connectivity index (χ2n) is 7.95. The van der Waals surface area contributed by atoms with Crippen molar-refractivity contribution < 1.29 is 37.3 Å². The second-order valence-corrected chi connectivity index (χ2v) is 7.95. The Morgan fingerprint density at radius 3 is 2.35 bits per heavy atom. The van der Waals surface area contributed by atoms with Crippen molar-refractivity contribution in [2.45, 2.75) is 44.1 Å². The predicted molar refractivity (Wildman–Crippen MR) is 116 cm³/mol. The Hall–Kier alpha value is -3.02. The van der Waals surface area contributed by atoms with Crippen LogP contribution in [0.25, 0.3) is 10.8 Å². The summed E-state index contributed by atoms with van der Waals surface area (Å²) < 4.78 is 62.6. The third-order valence-electron chi connectivity index (χ3n) is 5.59. The van der Waals surface area contributed by atoms with Crippen LogP contribution in [0, 0.1) is 11.6 Å². The maximum atomic E-state index is 14.5. The zero-order valence-electron chi connectivity index (χ0n) is 17.9. The van der Waals surface area contributed by atoms with Crippen LogP contribution in [0.2, 0.25) is 0 Å². The lowest BCUT2D eigenvalue weighted by molar-refractivity contribution is -0.140. The van der Waals surface area contributed by atoms with Gasteiger partial charge in [-0.15, -0.1) is 0 Å². The van der Waals surface area contributed by atoms with Gasteiger partial charge in [-0.05, 0) is 54.1 Å². The van der Waals surface area contributed by atoms with Crippen molar-refractivity contribution in [3.8, 4) is 5.75 Å². The Morgan fingerprint density at radius 2 is 1.79 bits per heavy atom. The number of aromatic nitrogens is 1. The molecule has 6 N–H and O–H groups in total. The Bertz CT molecular complexity index is 1150. The van der Waals surface area contributed by atoms with E-state index in [1.54, 1.807) is 6.07 Å². The molecule has 3 aromatic rings. The average Bonchev–Trinajstić information content (AvgIpc) is 2.74. The Balaban J connectivity index is 0.000000229. The van der Waals surface area contributed by atoms with Gasteiger partial charge in [0.25, 0.3) is 0 Å². The fourth-order valence-electron chi connectivity index (χ4n) is 3.52. The highest BCUT2D eigenvalue weighted by atomic mass is 19.4. The molecule has 1 aliphatic rings. The molecule has 0 saturated heterocycles. The van der Waals surface area contributed by atoms with E-state index in [0.717, 1.165) is 18.9 Å². The van der Waals surface area contributed by atoms with Crippen LogP contribution in [0.15, 0.2) is 36.5 Å². The molecule has 0 bridgehead atoms. The summed E-state index contributed by atoms with van der Waals surface area (Å²) in [6.45, 7) is -0.0649. The number of alkyl halides is 3. The Morgan fingerprint density at radius 1 is 1.09 bits per heavy atom. The molecule has 2 aromatic carbocycles. The van der Waals surface area contributed by atoms with Crippen molar-refractivity contribution in [1.29, 1.82) is 0 Å². The number of aromatic hydroxyl groups is 1. The fraction of sp³-hybridized carbons (Fsp3) is 0.348. The number of nitrogens with one attached hydrogen (secondary N) is 1. The van der Waals surface area contributed by atoms with E-state index in [-0.39, 0.29) is 0 Å². The molecule has 34 heavy (non-hydrogen) atoms. The fourth-order valence-corrected chi connectivity index (χ4v) is 3.52. The molecule has 0 amide bonds. The zero-order chi connectivity index (χ0) is 25.0. The number of pyridine rings is 1. The van der Waals surface area contributed by atoms with Gasteiger partial charge in [0, 0.05) is 29.7 Å². The number of anilines is 1. The molecule has 1 fully saturated rings. The zero-order valence-corrected chi connectivity index (χ0v) is 17.9. The predicted octanol–water partition coefficient (Wildman–Crippen LogP) is 4.17. The quantitative estimate of drug-likeness (QED) is 0.347. The summed E-state index contributed by atoms with van der Waals surface area (Å²) in [4.78, 5) is 4.02. The molecule has 0 aliphatic heterocycles. The molecule has 0 spiro atoms. The first-order valence-corrected chi connectivity index (χ1v) is 10.5. The van der Waals surface area contributed by atoms with Crippen LogP contribution < -0.4 is 11.1 Å². The number of aliphatic hydroxyl groups is 2. The highest BCUT2D eigenvalue weighted by Gasteiger charge is 2.34. The van der Waals surface area contributed by atoms with Crippen molar-refractivity contribution in [2.75, 3.05) is 12.3 Å². The highest BCUT2D eigenvalue weighted by molar-refractivity contribution is 5.90. The summed E-state index contributed by atoms with van der Waals surface area (Å²) in [7, 11) is 0. The smallest absolute Gasteiger partial charge is 0.419 e. The number of phenols is 1. The number of phenolic OH excluding ortho intramolecular Hbond substituents is 1. The summed E-state index contributed by atoms with van der Waals surface area (Å²) in [5.74, 6) is -2.11. The largest absolute Gasteiger partial charge is 0.508 e.